The van der Waals surface area contributed by atoms with Gasteiger partial charge in [0.25, 0.3) is 0 Å². The number of sulfone groups is 1. The SMILES string of the molecule is CCS(=O)(=O)c1ccc(-c2ccc(C(O)C(=O)O)cc2)cc1. The molecule has 0 fully saturated rings. The molecule has 2 aromatic carbocycles. The van der Waals surface area contributed by atoms with E-state index in [9.17, 15) is 18.3 Å². The number of hydrogen-bond acceptors (Lipinski definition) is 4. The summed E-state index contributed by atoms with van der Waals surface area (Å²) in [6, 6.07) is 12.9. The highest BCUT2D eigenvalue weighted by atomic mass is 32.2. The standard InChI is InChI=1S/C16H16O5S/c1-2-22(20,21)14-9-7-12(8-10-14)11-3-5-13(6-4-11)15(17)16(18)19/h3-10,15,17H,2H2,1H3,(H,18,19). The van der Waals surface area contributed by atoms with Gasteiger partial charge >= 0.3 is 5.97 Å². The van der Waals surface area contributed by atoms with Crippen LogP contribution in [0.3, 0.4) is 0 Å². The van der Waals surface area contributed by atoms with Gasteiger partial charge in [0.15, 0.2) is 15.9 Å². The van der Waals surface area contributed by atoms with Crippen LogP contribution in [0.5, 0.6) is 0 Å². The molecule has 0 heterocycles. The Bertz CT molecular complexity index is 761. The van der Waals surface area contributed by atoms with Crippen molar-refractivity contribution in [3.8, 4) is 11.1 Å². The highest BCUT2D eigenvalue weighted by Gasteiger charge is 2.15. The highest BCUT2D eigenvalue weighted by Crippen LogP contribution is 2.24. The van der Waals surface area contributed by atoms with Gasteiger partial charge in [0.1, 0.15) is 0 Å². The molecule has 1 atom stereocenters. The van der Waals surface area contributed by atoms with Crippen molar-refractivity contribution in [2.75, 3.05) is 5.75 Å². The van der Waals surface area contributed by atoms with E-state index >= 15 is 0 Å². The molecule has 22 heavy (non-hydrogen) atoms. The van der Waals surface area contributed by atoms with Gasteiger partial charge in [-0.2, -0.15) is 0 Å². The molecular weight excluding hydrogens is 304 g/mol. The second-order valence-electron chi connectivity index (χ2n) is 4.79. The molecule has 0 aliphatic carbocycles. The lowest BCUT2D eigenvalue weighted by molar-refractivity contribution is -0.146. The molecule has 5 nitrogen and oxygen atoms in total. The largest absolute Gasteiger partial charge is 0.479 e. The van der Waals surface area contributed by atoms with E-state index in [1.54, 1.807) is 43.3 Å². The molecule has 2 N–H and O–H groups in total. The zero-order valence-electron chi connectivity index (χ0n) is 11.9. The first-order valence-electron chi connectivity index (χ1n) is 6.69. The van der Waals surface area contributed by atoms with Gasteiger partial charge in [-0.3, -0.25) is 0 Å². The minimum absolute atomic E-state index is 0.0497. The zero-order chi connectivity index (χ0) is 16.3. The number of rotatable bonds is 5. The smallest absolute Gasteiger partial charge is 0.337 e. The van der Waals surface area contributed by atoms with E-state index in [-0.39, 0.29) is 10.6 Å². The highest BCUT2D eigenvalue weighted by molar-refractivity contribution is 7.91. The Kier molecular flexibility index (Phi) is 4.63. The summed E-state index contributed by atoms with van der Waals surface area (Å²) in [6.07, 6.45) is -1.55. The van der Waals surface area contributed by atoms with Crippen molar-refractivity contribution in [1.29, 1.82) is 0 Å². The molecule has 116 valence electrons. The van der Waals surface area contributed by atoms with Gasteiger partial charge in [-0.25, -0.2) is 13.2 Å². The molecule has 0 saturated carbocycles. The summed E-state index contributed by atoms with van der Waals surface area (Å²) < 4.78 is 23.5. The molecule has 0 spiro atoms. The molecule has 0 radical (unpaired) electrons. The number of aliphatic carboxylic acids is 1. The van der Waals surface area contributed by atoms with Crippen molar-refractivity contribution in [3.63, 3.8) is 0 Å². The first-order valence-corrected chi connectivity index (χ1v) is 8.34. The van der Waals surface area contributed by atoms with Crippen LogP contribution in [0.2, 0.25) is 0 Å². The van der Waals surface area contributed by atoms with E-state index in [4.69, 9.17) is 5.11 Å². The number of aliphatic hydroxyl groups is 1. The summed E-state index contributed by atoms with van der Waals surface area (Å²) in [6.45, 7) is 1.59. The average molecular weight is 320 g/mol. The van der Waals surface area contributed by atoms with Crippen molar-refractivity contribution in [1.82, 2.24) is 0 Å². The Morgan fingerprint density at radius 2 is 1.45 bits per heavy atom. The van der Waals surface area contributed by atoms with Gasteiger partial charge in [0.05, 0.1) is 10.6 Å². The van der Waals surface area contributed by atoms with Gasteiger partial charge in [0, 0.05) is 0 Å². The predicted molar refractivity (Wildman–Crippen MR) is 82.2 cm³/mol. The van der Waals surface area contributed by atoms with Crippen molar-refractivity contribution in [3.05, 3.63) is 54.1 Å². The maximum atomic E-state index is 11.7. The number of benzene rings is 2. The fraction of sp³-hybridized carbons (Fsp3) is 0.188. The second-order valence-corrected chi connectivity index (χ2v) is 7.07. The Labute approximate surface area is 128 Å². The molecule has 0 aromatic heterocycles. The van der Waals surface area contributed by atoms with Crippen molar-refractivity contribution >= 4 is 15.8 Å². The van der Waals surface area contributed by atoms with Gasteiger partial charge in [-0.1, -0.05) is 43.3 Å². The van der Waals surface area contributed by atoms with Crippen LogP contribution in [0.15, 0.2) is 53.4 Å². The molecule has 1 unspecified atom stereocenters. The third kappa shape index (κ3) is 3.35. The first-order chi connectivity index (χ1) is 10.3. The zero-order valence-corrected chi connectivity index (χ0v) is 12.7. The summed E-state index contributed by atoms with van der Waals surface area (Å²) in [5.74, 6) is -1.25. The van der Waals surface area contributed by atoms with Gasteiger partial charge < -0.3 is 10.2 Å². The summed E-state index contributed by atoms with van der Waals surface area (Å²) in [5, 5.41) is 18.2. The Hall–Kier alpha value is -2.18. The number of hydrogen-bond donors (Lipinski definition) is 2. The lowest BCUT2D eigenvalue weighted by Crippen LogP contribution is -2.10. The second kappa shape index (κ2) is 6.29. The Morgan fingerprint density at radius 3 is 1.86 bits per heavy atom. The fourth-order valence-corrected chi connectivity index (χ4v) is 2.91. The van der Waals surface area contributed by atoms with Crippen LogP contribution in [0.25, 0.3) is 11.1 Å². The van der Waals surface area contributed by atoms with Crippen LogP contribution in [0.4, 0.5) is 0 Å². The maximum Gasteiger partial charge on any atom is 0.337 e. The lowest BCUT2D eigenvalue weighted by atomic mass is 10.0. The van der Waals surface area contributed by atoms with Crippen LogP contribution in [0.1, 0.15) is 18.6 Å². The Morgan fingerprint density at radius 1 is 1.00 bits per heavy atom. The minimum atomic E-state index is -3.22. The number of carbonyl (C=O) groups is 1. The van der Waals surface area contributed by atoms with Crippen LogP contribution in [-0.2, 0) is 14.6 Å². The van der Waals surface area contributed by atoms with E-state index in [0.29, 0.717) is 5.56 Å². The normalized spacial score (nSPS) is 12.8. The van der Waals surface area contributed by atoms with E-state index in [2.05, 4.69) is 0 Å². The maximum absolute atomic E-state index is 11.7. The summed E-state index contributed by atoms with van der Waals surface area (Å²) in [5.41, 5.74) is 1.91. The van der Waals surface area contributed by atoms with E-state index < -0.39 is 21.9 Å². The molecule has 2 aromatic rings. The van der Waals surface area contributed by atoms with E-state index in [1.165, 1.54) is 12.1 Å². The van der Waals surface area contributed by atoms with Crippen LogP contribution in [0, 0.1) is 0 Å². The monoisotopic (exact) mass is 320 g/mol. The molecule has 6 heteroatoms. The first kappa shape index (κ1) is 16.2. The van der Waals surface area contributed by atoms with Gasteiger partial charge in [-0.05, 0) is 28.8 Å². The number of carboxylic acid groups (broad SMARTS) is 1. The topological polar surface area (TPSA) is 91.7 Å². The summed E-state index contributed by atoms with van der Waals surface area (Å²) >= 11 is 0. The molecular formula is C16H16O5S. The lowest BCUT2D eigenvalue weighted by Gasteiger charge is -2.08. The molecule has 0 bridgehead atoms. The van der Waals surface area contributed by atoms with E-state index in [1.807, 2.05) is 0 Å². The Balaban J connectivity index is 2.28. The molecule has 2 rings (SSSR count). The molecule has 0 aliphatic heterocycles. The third-order valence-electron chi connectivity index (χ3n) is 3.39. The number of aliphatic hydroxyl groups excluding tert-OH is 1. The quantitative estimate of drug-likeness (QED) is 0.881. The van der Waals surface area contributed by atoms with Crippen LogP contribution >= 0.6 is 0 Å². The van der Waals surface area contributed by atoms with Crippen molar-refractivity contribution < 1.29 is 23.4 Å². The molecule has 0 amide bonds. The summed E-state index contributed by atoms with van der Waals surface area (Å²) in [7, 11) is -3.22. The van der Waals surface area contributed by atoms with Gasteiger partial charge in [0.2, 0.25) is 0 Å². The van der Waals surface area contributed by atoms with Crippen LogP contribution in [-0.4, -0.2) is 30.4 Å². The number of carboxylic acids is 1. The third-order valence-corrected chi connectivity index (χ3v) is 5.14. The average Bonchev–Trinajstić information content (AvgIpc) is 2.54. The molecule has 0 saturated heterocycles. The van der Waals surface area contributed by atoms with Gasteiger partial charge in [-0.15, -0.1) is 0 Å². The van der Waals surface area contributed by atoms with Crippen LogP contribution < -0.4 is 0 Å². The van der Waals surface area contributed by atoms with E-state index in [0.717, 1.165) is 11.1 Å². The summed E-state index contributed by atoms with van der Waals surface area (Å²) in [4.78, 5) is 11.0. The minimum Gasteiger partial charge on any atom is -0.479 e. The molecule has 0 aliphatic rings. The van der Waals surface area contributed by atoms with Crippen molar-refractivity contribution in [2.45, 2.75) is 17.9 Å². The van der Waals surface area contributed by atoms with Crippen molar-refractivity contribution in [2.24, 2.45) is 0 Å². The predicted octanol–water partition coefficient (Wildman–Crippen LogP) is 2.27. The fourth-order valence-electron chi connectivity index (χ4n) is 2.02.